The first-order valence-electron chi connectivity index (χ1n) is 7.83. The van der Waals surface area contributed by atoms with Gasteiger partial charge in [-0.3, -0.25) is 9.59 Å². The summed E-state index contributed by atoms with van der Waals surface area (Å²) in [6, 6.07) is 9.26. The van der Waals surface area contributed by atoms with Gasteiger partial charge >= 0.3 is 0 Å². The Labute approximate surface area is 131 Å². The molecule has 1 fully saturated rings. The van der Waals surface area contributed by atoms with Crippen LogP contribution in [0.15, 0.2) is 30.3 Å². The number of ether oxygens (including phenoxy) is 1. The van der Waals surface area contributed by atoms with E-state index in [9.17, 15) is 9.59 Å². The van der Waals surface area contributed by atoms with E-state index >= 15 is 0 Å². The molecule has 0 saturated carbocycles. The molecule has 1 heterocycles. The summed E-state index contributed by atoms with van der Waals surface area (Å²) in [6.07, 6.45) is 2.28. The minimum Gasteiger partial charge on any atom is -0.494 e. The molecule has 2 amide bonds. The number of nitrogens with one attached hydrogen (secondary N) is 1. The monoisotopic (exact) mass is 304 g/mol. The Kier molecular flexibility index (Phi) is 5.81. The first kappa shape index (κ1) is 16.3. The van der Waals surface area contributed by atoms with Gasteiger partial charge in [0.25, 0.3) is 0 Å². The van der Waals surface area contributed by atoms with Crippen molar-refractivity contribution in [3.63, 3.8) is 0 Å². The van der Waals surface area contributed by atoms with E-state index in [4.69, 9.17) is 4.74 Å². The number of rotatable bonds is 6. The van der Waals surface area contributed by atoms with Gasteiger partial charge in [-0.2, -0.15) is 0 Å². The molecule has 1 aromatic carbocycles. The number of hydrogen-bond donors (Lipinski definition) is 1. The molecule has 1 N–H and O–H groups in total. The van der Waals surface area contributed by atoms with Crippen LogP contribution in [0.2, 0.25) is 0 Å². The van der Waals surface area contributed by atoms with Crippen molar-refractivity contribution in [1.82, 2.24) is 10.2 Å². The standard InChI is InChI=1S/C17H24N2O3/c1-13(10-12-22-14-7-4-3-5-8-14)17(21)19-11-6-9-15(19)16(20)18-2/h3-5,7-8,13,15H,6,9-12H2,1-2H3,(H,18,20)/t13-,15+/m0/s1. The molecular formula is C17H24N2O3. The number of likely N-dealkylation sites (N-methyl/N-ethyl adjacent to an activating group) is 1. The lowest BCUT2D eigenvalue weighted by Gasteiger charge is -2.26. The predicted molar refractivity (Wildman–Crippen MR) is 84.5 cm³/mol. The molecule has 22 heavy (non-hydrogen) atoms. The Hall–Kier alpha value is -2.04. The van der Waals surface area contributed by atoms with Crippen LogP contribution in [0.3, 0.4) is 0 Å². The molecule has 0 bridgehead atoms. The molecule has 2 atom stereocenters. The molecule has 5 nitrogen and oxygen atoms in total. The average molecular weight is 304 g/mol. The summed E-state index contributed by atoms with van der Waals surface area (Å²) in [7, 11) is 1.61. The summed E-state index contributed by atoms with van der Waals surface area (Å²) in [6.45, 7) is 3.06. The van der Waals surface area contributed by atoms with Gasteiger partial charge in [0.1, 0.15) is 11.8 Å². The van der Waals surface area contributed by atoms with E-state index in [1.165, 1.54) is 0 Å². The smallest absolute Gasteiger partial charge is 0.242 e. The van der Waals surface area contributed by atoms with E-state index in [1.54, 1.807) is 11.9 Å². The van der Waals surface area contributed by atoms with Gasteiger partial charge in [0.05, 0.1) is 6.61 Å². The number of nitrogens with zero attached hydrogens (tertiary/aromatic N) is 1. The largest absolute Gasteiger partial charge is 0.494 e. The second kappa shape index (κ2) is 7.82. The van der Waals surface area contributed by atoms with E-state index in [0.717, 1.165) is 18.6 Å². The first-order valence-corrected chi connectivity index (χ1v) is 7.83. The van der Waals surface area contributed by atoms with Crippen LogP contribution >= 0.6 is 0 Å². The summed E-state index contributed by atoms with van der Waals surface area (Å²) < 4.78 is 5.63. The van der Waals surface area contributed by atoms with Crippen molar-refractivity contribution >= 4 is 11.8 Å². The topological polar surface area (TPSA) is 58.6 Å². The van der Waals surface area contributed by atoms with Gasteiger partial charge in [-0.25, -0.2) is 0 Å². The normalized spacial score (nSPS) is 18.8. The lowest BCUT2D eigenvalue weighted by atomic mass is 10.1. The maximum atomic E-state index is 12.5. The van der Waals surface area contributed by atoms with E-state index in [0.29, 0.717) is 19.6 Å². The Bertz CT molecular complexity index is 504. The lowest BCUT2D eigenvalue weighted by molar-refractivity contribution is -0.141. The number of likely N-dealkylation sites (tertiary alicyclic amines) is 1. The molecule has 0 spiro atoms. The third-order valence-corrected chi connectivity index (χ3v) is 4.07. The van der Waals surface area contributed by atoms with Crippen LogP contribution in [0.5, 0.6) is 5.75 Å². The second-order valence-corrected chi connectivity index (χ2v) is 5.66. The van der Waals surface area contributed by atoms with Gasteiger partial charge in [0.15, 0.2) is 0 Å². The molecule has 120 valence electrons. The fourth-order valence-electron chi connectivity index (χ4n) is 2.75. The van der Waals surface area contributed by atoms with Crippen molar-refractivity contribution in [2.75, 3.05) is 20.2 Å². The van der Waals surface area contributed by atoms with Gasteiger partial charge in [0, 0.05) is 19.5 Å². The van der Waals surface area contributed by atoms with Crippen LogP contribution in [0.4, 0.5) is 0 Å². The van der Waals surface area contributed by atoms with Gasteiger partial charge in [0.2, 0.25) is 11.8 Å². The number of carbonyl (C=O) groups is 2. The van der Waals surface area contributed by atoms with Crippen LogP contribution in [-0.4, -0.2) is 43.0 Å². The third-order valence-electron chi connectivity index (χ3n) is 4.07. The number of benzene rings is 1. The highest BCUT2D eigenvalue weighted by Crippen LogP contribution is 2.21. The van der Waals surface area contributed by atoms with Crippen LogP contribution in [0.1, 0.15) is 26.2 Å². The van der Waals surface area contributed by atoms with Crippen molar-refractivity contribution in [3.8, 4) is 5.75 Å². The maximum absolute atomic E-state index is 12.5. The molecule has 0 unspecified atom stereocenters. The molecule has 1 aromatic rings. The molecule has 5 heteroatoms. The lowest BCUT2D eigenvalue weighted by Crippen LogP contribution is -2.46. The van der Waals surface area contributed by atoms with Crippen LogP contribution in [0, 0.1) is 5.92 Å². The zero-order valence-electron chi connectivity index (χ0n) is 13.2. The van der Waals surface area contributed by atoms with Crippen molar-refractivity contribution < 1.29 is 14.3 Å². The van der Waals surface area contributed by atoms with Crippen LogP contribution in [0.25, 0.3) is 0 Å². The number of carbonyl (C=O) groups excluding carboxylic acids is 2. The Morgan fingerprint density at radius 2 is 2.09 bits per heavy atom. The molecular weight excluding hydrogens is 280 g/mol. The quantitative estimate of drug-likeness (QED) is 0.872. The maximum Gasteiger partial charge on any atom is 0.242 e. The van der Waals surface area contributed by atoms with Crippen molar-refractivity contribution in [3.05, 3.63) is 30.3 Å². The highest BCUT2D eigenvalue weighted by molar-refractivity contribution is 5.88. The van der Waals surface area contributed by atoms with E-state index in [-0.39, 0.29) is 23.8 Å². The highest BCUT2D eigenvalue weighted by atomic mass is 16.5. The Morgan fingerprint density at radius 1 is 1.36 bits per heavy atom. The molecule has 0 aliphatic carbocycles. The van der Waals surface area contributed by atoms with Gasteiger partial charge in [-0.1, -0.05) is 25.1 Å². The molecule has 1 saturated heterocycles. The summed E-state index contributed by atoms with van der Waals surface area (Å²) in [5, 5.41) is 2.64. The van der Waals surface area contributed by atoms with E-state index in [1.807, 2.05) is 37.3 Å². The fourth-order valence-corrected chi connectivity index (χ4v) is 2.75. The van der Waals surface area contributed by atoms with E-state index < -0.39 is 0 Å². The van der Waals surface area contributed by atoms with Crippen molar-refractivity contribution in [2.24, 2.45) is 5.92 Å². The van der Waals surface area contributed by atoms with Gasteiger partial charge in [-0.05, 0) is 31.4 Å². The predicted octanol–water partition coefficient (Wildman–Crippen LogP) is 1.83. The number of amides is 2. The van der Waals surface area contributed by atoms with Crippen LogP contribution < -0.4 is 10.1 Å². The zero-order chi connectivity index (χ0) is 15.9. The number of hydrogen-bond acceptors (Lipinski definition) is 3. The Balaban J connectivity index is 1.82. The molecule has 0 radical (unpaired) electrons. The third kappa shape index (κ3) is 4.00. The van der Waals surface area contributed by atoms with Crippen LogP contribution in [-0.2, 0) is 9.59 Å². The molecule has 2 rings (SSSR count). The minimum atomic E-state index is -0.310. The highest BCUT2D eigenvalue weighted by Gasteiger charge is 2.35. The van der Waals surface area contributed by atoms with Crippen molar-refractivity contribution in [1.29, 1.82) is 0 Å². The molecule has 1 aliphatic heterocycles. The summed E-state index contributed by atoms with van der Waals surface area (Å²) in [5.74, 6) is 0.641. The summed E-state index contributed by atoms with van der Waals surface area (Å²) >= 11 is 0. The second-order valence-electron chi connectivity index (χ2n) is 5.66. The minimum absolute atomic E-state index is 0.0442. The Morgan fingerprint density at radius 3 is 2.77 bits per heavy atom. The SMILES string of the molecule is CNC(=O)[C@H]1CCCN1C(=O)[C@@H](C)CCOc1ccccc1. The number of para-hydroxylation sites is 1. The van der Waals surface area contributed by atoms with Gasteiger partial charge < -0.3 is 15.0 Å². The summed E-state index contributed by atoms with van der Waals surface area (Å²) in [4.78, 5) is 26.0. The van der Waals surface area contributed by atoms with Crippen molar-refractivity contribution in [2.45, 2.75) is 32.2 Å². The molecule has 1 aliphatic rings. The average Bonchev–Trinajstić information content (AvgIpc) is 3.03. The molecule has 0 aromatic heterocycles. The summed E-state index contributed by atoms with van der Waals surface area (Å²) in [5.41, 5.74) is 0. The fraction of sp³-hybridized carbons (Fsp3) is 0.529. The first-order chi connectivity index (χ1) is 10.6. The van der Waals surface area contributed by atoms with E-state index in [2.05, 4.69) is 5.32 Å². The van der Waals surface area contributed by atoms with Gasteiger partial charge in [-0.15, -0.1) is 0 Å². The zero-order valence-corrected chi connectivity index (χ0v) is 13.2.